The van der Waals surface area contributed by atoms with Crippen molar-refractivity contribution in [2.24, 2.45) is 17.6 Å². The normalized spacial score (nSPS) is 26.8. The van der Waals surface area contributed by atoms with E-state index in [0.29, 0.717) is 5.92 Å². The van der Waals surface area contributed by atoms with Crippen LogP contribution in [0.1, 0.15) is 44.3 Å². The van der Waals surface area contributed by atoms with Gasteiger partial charge in [0.2, 0.25) is 0 Å². The molecule has 2 nitrogen and oxygen atoms in total. The quantitative estimate of drug-likeness (QED) is 0.845. The molecule has 0 saturated heterocycles. The number of hydrogen-bond acceptors (Lipinski definition) is 2. The third-order valence-corrected chi connectivity index (χ3v) is 4.79. The molecule has 1 aliphatic carbocycles. The smallest absolute Gasteiger partial charge is 0.0716 e. The summed E-state index contributed by atoms with van der Waals surface area (Å²) in [5.74, 6) is 1.44. The SMILES string of the molecule is CC1CCC(C(N)c2ncc(Br)cc2Br)CC1. The summed E-state index contributed by atoms with van der Waals surface area (Å²) in [6.45, 7) is 2.33. The molecule has 17 heavy (non-hydrogen) atoms. The molecule has 0 aromatic carbocycles. The Balaban J connectivity index is 2.11. The molecule has 0 bridgehead atoms. The zero-order chi connectivity index (χ0) is 12.4. The molecule has 0 spiro atoms. The van der Waals surface area contributed by atoms with Gasteiger partial charge in [0.05, 0.1) is 11.7 Å². The van der Waals surface area contributed by atoms with Gasteiger partial charge >= 0.3 is 0 Å². The Labute approximate surface area is 120 Å². The van der Waals surface area contributed by atoms with E-state index >= 15 is 0 Å². The molecule has 0 amide bonds. The highest BCUT2D eigenvalue weighted by Gasteiger charge is 2.26. The zero-order valence-corrected chi connectivity index (χ0v) is 13.2. The highest BCUT2D eigenvalue weighted by Crippen LogP contribution is 2.37. The molecule has 1 aliphatic rings. The van der Waals surface area contributed by atoms with Crippen LogP contribution in [0.5, 0.6) is 0 Å². The molecule has 1 unspecified atom stereocenters. The Hall–Kier alpha value is 0.0700. The largest absolute Gasteiger partial charge is 0.322 e. The number of halogens is 2. The first kappa shape index (κ1) is 13.5. The summed E-state index contributed by atoms with van der Waals surface area (Å²) in [5, 5.41) is 0. The lowest BCUT2D eigenvalue weighted by Crippen LogP contribution is -2.26. The Bertz CT molecular complexity index is 387. The maximum atomic E-state index is 6.36. The van der Waals surface area contributed by atoms with Crippen molar-refractivity contribution in [3.8, 4) is 0 Å². The first-order valence-corrected chi connectivity index (χ1v) is 7.73. The van der Waals surface area contributed by atoms with Crippen LogP contribution in [0.3, 0.4) is 0 Å². The molecule has 1 aromatic heterocycles. The average Bonchev–Trinajstić information content (AvgIpc) is 2.29. The first-order valence-electron chi connectivity index (χ1n) is 6.14. The average molecular weight is 362 g/mol. The monoisotopic (exact) mass is 360 g/mol. The molecule has 1 fully saturated rings. The first-order chi connectivity index (χ1) is 8.08. The summed E-state index contributed by atoms with van der Waals surface area (Å²) >= 11 is 6.97. The molecule has 4 heteroatoms. The Kier molecular flexibility index (Phi) is 4.61. The van der Waals surface area contributed by atoms with Gasteiger partial charge in [-0.2, -0.15) is 0 Å². The fourth-order valence-corrected chi connectivity index (χ4v) is 3.79. The fraction of sp³-hybridized carbons (Fsp3) is 0.615. The van der Waals surface area contributed by atoms with E-state index in [1.165, 1.54) is 25.7 Å². The Morgan fingerprint density at radius 3 is 2.53 bits per heavy atom. The lowest BCUT2D eigenvalue weighted by Gasteiger charge is -2.30. The van der Waals surface area contributed by atoms with E-state index in [4.69, 9.17) is 5.73 Å². The number of rotatable bonds is 2. The predicted molar refractivity (Wildman–Crippen MR) is 77.7 cm³/mol. The van der Waals surface area contributed by atoms with E-state index in [9.17, 15) is 0 Å². The van der Waals surface area contributed by atoms with Crippen molar-refractivity contribution < 1.29 is 0 Å². The van der Waals surface area contributed by atoms with Crippen molar-refractivity contribution >= 4 is 31.9 Å². The van der Waals surface area contributed by atoms with Crippen molar-refractivity contribution in [2.75, 3.05) is 0 Å². The van der Waals surface area contributed by atoms with Crippen LogP contribution in [0.2, 0.25) is 0 Å². The van der Waals surface area contributed by atoms with E-state index < -0.39 is 0 Å². The van der Waals surface area contributed by atoms with E-state index in [1.807, 2.05) is 12.3 Å². The summed E-state index contributed by atoms with van der Waals surface area (Å²) < 4.78 is 2.00. The maximum Gasteiger partial charge on any atom is 0.0716 e. The Morgan fingerprint density at radius 2 is 1.94 bits per heavy atom. The molecule has 2 N–H and O–H groups in total. The van der Waals surface area contributed by atoms with Gasteiger partial charge in [-0.25, -0.2) is 0 Å². The predicted octanol–water partition coefficient (Wildman–Crippen LogP) is 4.43. The van der Waals surface area contributed by atoms with Crippen LogP contribution in [0.15, 0.2) is 21.2 Å². The van der Waals surface area contributed by atoms with Gasteiger partial charge in [-0.3, -0.25) is 4.98 Å². The summed E-state index contributed by atoms with van der Waals surface area (Å²) in [4.78, 5) is 4.45. The standard InChI is InChI=1S/C13H18Br2N2/c1-8-2-4-9(5-3-8)12(16)13-11(15)6-10(14)7-17-13/h6-9,12H,2-5,16H2,1H3. The summed E-state index contributed by atoms with van der Waals surface area (Å²) in [5.41, 5.74) is 7.35. The molecule has 0 aliphatic heterocycles. The molecule has 94 valence electrons. The number of aromatic nitrogens is 1. The van der Waals surface area contributed by atoms with Gasteiger partial charge in [-0.1, -0.05) is 19.8 Å². The van der Waals surface area contributed by atoms with Gasteiger partial charge in [0, 0.05) is 15.1 Å². The van der Waals surface area contributed by atoms with Gasteiger partial charge < -0.3 is 5.73 Å². The minimum atomic E-state index is 0.0602. The summed E-state index contributed by atoms with van der Waals surface area (Å²) in [7, 11) is 0. The molecule has 2 rings (SSSR count). The van der Waals surface area contributed by atoms with Crippen LogP contribution < -0.4 is 5.73 Å². The fourth-order valence-electron chi connectivity index (χ4n) is 2.54. The lowest BCUT2D eigenvalue weighted by molar-refractivity contribution is 0.253. The summed E-state index contributed by atoms with van der Waals surface area (Å²) in [6, 6.07) is 2.08. The topological polar surface area (TPSA) is 38.9 Å². The van der Waals surface area contributed by atoms with E-state index in [1.54, 1.807) is 0 Å². The van der Waals surface area contributed by atoms with Crippen LogP contribution in [0, 0.1) is 11.8 Å². The molecule has 0 radical (unpaired) electrons. The second kappa shape index (κ2) is 5.81. The zero-order valence-electron chi connectivity index (χ0n) is 10.00. The number of nitrogens with zero attached hydrogens (tertiary/aromatic N) is 1. The second-order valence-electron chi connectivity index (χ2n) is 5.07. The van der Waals surface area contributed by atoms with Gasteiger partial charge in [0.1, 0.15) is 0 Å². The molecule has 1 saturated carbocycles. The lowest BCUT2D eigenvalue weighted by atomic mass is 9.78. The minimum Gasteiger partial charge on any atom is -0.322 e. The van der Waals surface area contributed by atoms with Gasteiger partial charge in [-0.15, -0.1) is 0 Å². The van der Waals surface area contributed by atoms with Gasteiger partial charge in [0.15, 0.2) is 0 Å². The van der Waals surface area contributed by atoms with Crippen molar-refractivity contribution in [3.05, 3.63) is 26.9 Å². The van der Waals surface area contributed by atoms with Crippen molar-refractivity contribution in [1.29, 1.82) is 0 Å². The third kappa shape index (κ3) is 3.30. The van der Waals surface area contributed by atoms with Crippen LogP contribution in [-0.4, -0.2) is 4.98 Å². The van der Waals surface area contributed by atoms with E-state index in [0.717, 1.165) is 20.6 Å². The van der Waals surface area contributed by atoms with Crippen LogP contribution >= 0.6 is 31.9 Å². The Morgan fingerprint density at radius 1 is 1.29 bits per heavy atom. The van der Waals surface area contributed by atoms with Gasteiger partial charge in [-0.05, 0) is 62.6 Å². The van der Waals surface area contributed by atoms with Crippen LogP contribution in [-0.2, 0) is 0 Å². The third-order valence-electron chi connectivity index (χ3n) is 3.72. The van der Waals surface area contributed by atoms with Gasteiger partial charge in [0.25, 0.3) is 0 Å². The minimum absolute atomic E-state index is 0.0602. The molecular formula is C13H18Br2N2. The molecular weight excluding hydrogens is 344 g/mol. The van der Waals surface area contributed by atoms with Crippen molar-refractivity contribution in [3.63, 3.8) is 0 Å². The number of hydrogen-bond donors (Lipinski definition) is 1. The van der Waals surface area contributed by atoms with E-state index in [2.05, 4.69) is 43.8 Å². The number of nitrogens with two attached hydrogens (primary N) is 1. The highest BCUT2D eigenvalue weighted by molar-refractivity contribution is 9.11. The van der Waals surface area contributed by atoms with Crippen LogP contribution in [0.4, 0.5) is 0 Å². The molecule has 1 heterocycles. The van der Waals surface area contributed by atoms with Crippen LogP contribution in [0.25, 0.3) is 0 Å². The summed E-state index contributed by atoms with van der Waals surface area (Å²) in [6.07, 6.45) is 6.88. The highest BCUT2D eigenvalue weighted by atomic mass is 79.9. The second-order valence-corrected chi connectivity index (χ2v) is 6.84. The van der Waals surface area contributed by atoms with Crippen molar-refractivity contribution in [2.45, 2.75) is 38.6 Å². The number of pyridine rings is 1. The molecule has 1 aromatic rings. The van der Waals surface area contributed by atoms with E-state index in [-0.39, 0.29) is 6.04 Å². The maximum absolute atomic E-state index is 6.36. The van der Waals surface area contributed by atoms with Crippen molar-refractivity contribution in [1.82, 2.24) is 4.98 Å². The molecule has 1 atom stereocenters.